The van der Waals surface area contributed by atoms with E-state index in [-0.39, 0.29) is 10.8 Å². The van der Waals surface area contributed by atoms with Gasteiger partial charge in [-0.3, -0.25) is 0 Å². The van der Waals surface area contributed by atoms with Crippen LogP contribution in [-0.4, -0.2) is 8.07 Å². The maximum absolute atomic E-state index is 7.39. The van der Waals surface area contributed by atoms with Gasteiger partial charge in [-0.15, -0.1) is 0 Å². The molecule has 17 rings (SSSR count). The molecule has 16 aromatic rings. The number of benzene rings is 14. The van der Waals surface area contributed by atoms with Crippen LogP contribution in [0.2, 0.25) is 0 Å². The molecule has 2 heterocycles. The maximum atomic E-state index is 7.39. The van der Waals surface area contributed by atoms with Gasteiger partial charge >= 0.3 is 0 Å². The summed E-state index contributed by atoms with van der Waals surface area (Å²) < 4.78 is 14.5. The molecule has 2 aromatic heterocycles. The fraction of sp³-hybridized carbons (Fsp3) is 0.109. The molecule has 0 aliphatic heterocycles. The van der Waals surface area contributed by atoms with Gasteiger partial charge in [0, 0.05) is 44.0 Å². The number of rotatable bonds is 12. The monoisotopic (exact) mass is 1270 g/mol. The molecule has 97 heavy (non-hydrogen) atoms. The molecule has 468 valence electrons. The van der Waals surface area contributed by atoms with E-state index in [0.29, 0.717) is 0 Å². The van der Waals surface area contributed by atoms with Crippen LogP contribution in [0.3, 0.4) is 0 Å². The van der Waals surface area contributed by atoms with Gasteiger partial charge < -0.3 is 18.6 Å². The van der Waals surface area contributed by atoms with Crippen molar-refractivity contribution < 1.29 is 8.83 Å². The Balaban J connectivity index is 0.987. The van der Waals surface area contributed by atoms with E-state index in [1.165, 1.54) is 65.3 Å². The summed E-state index contributed by atoms with van der Waals surface area (Å²) in [5.74, 6) is 0. The van der Waals surface area contributed by atoms with E-state index in [9.17, 15) is 0 Å². The Bertz CT molecular complexity index is 5510. The van der Waals surface area contributed by atoms with Gasteiger partial charge in [-0.25, -0.2) is 0 Å². The number of para-hydroxylation sites is 2. The zero-order valence-corrected chi connectivity index (χ0v) is 56.8. The Morgan fingerprint density at radius 2 is 0.722 bits per heavy atom. The van der Waals surface area contributed by atoms with Crippen LogP contribution in [-0.2, 0) is 16.2 Å². The molecule has 1 aliphatic carbocycles. The Labute approximate surface area is 569 Å². The molecule has 14 aromatic carbocycles. The minimum atomic E-state index is -3.17. The predicted molar refractivity (Wildman–Crippen MR) is 411 cm³/mol. The number of hydrogen-bond donors (Lipinski definition) is 0. The molecule has 4 nitrogen and oxygen atoms in total. The first-order valence-electron chi connectivity index (χ1n) is 34.0. The summed E-state index contributed by atoms with van der Waals surface area (Å²) in [4.78, 5) is 4.99. The highest BCUT2D eigenvalue weighted by molar-refractivity contribution is 7.20. The van der Waals surface area contributed by atoms with E-state index in [4.69, 9.17) is 8.83 Å². The number of fused-ring (bicyclic) bond motifs is 11. The number of anilines is 6. The summed E-state index contributed by atoms with van der Waals surface area (Å²) in [6.45, 7) is 16.0. The Kier molecular flexibility index (Phi) is 14.1. The zero-order valence-electron chi connectivity index (χ0n) is 55.8. The van der Waals surface area contributed by atoms with Crippen LogP contribution >= 0.6 is 0 Å². The van der Waals surface area contributed by atoms with Gasteiger partial charge in [-0.1, -0.05) is 284 Å². The van der Waals surface area contributed by atoms with Gasteiger partial charge in [-0.05, 0) is 173 Å². The molecule has 0 N–H and O–H groups in total. The third kappa shape index (κ3) is 9.53. The Morgan fingerprint density at radius 1 is 0.309 bits per heavy atom. The van der Waals surface area contributed by atoms with Crippen molar-refractivity contribution in [1.82, 2.24) is 0 Å². The van der Waals surface area contributed by atoms with E-state index >= 15 is 0 Å². The van der Waals surface area contributed by atoms with Gasteiger partial charge in [0.15, 0.2) is 19.2 Å². The molecule has 0 saturated carbocycles. The van der Waals surface area contributed by atoms with Crippen LogP contribution in [0.5, 0.6) is 0 Å². The molecule has 1 aliphatic rings. The van der Waals surface area contributed by atoms with Crippen LogP contribution < -0.4 is 30.5 Å². The lowest BCUT2D eigenvalue weighted by Gasteiger charge is -2.37. The van der Waals surface area contributed by atoms with Gasteiger partial charge in [0.25, 0.3) is 0 Å². The van der Waals surface area contributed by atoms with Crippen molar-refractivity contribution in [2.45, 2.75) is 64.7 Å². The average Bonchev–Trinajstić information content (AvgIpc) is 1.54. The SMILES string of the molecule is Cc1cc(N(c2ccc(C(C)(C)C)cc2)c2cc3c(c4ccccc24)-c2ccc(N(c4ccc(C(C)(C)C)cc4)c4cc([Si](c5ccccc5)(c5ccccc5)c5ccccc5)cc5c4oc4ccccc45)cc2C3(c2ccccc2)c2ccccc2)c2oc3ccccc3c2c1. The molecule has 0 unspecified atom stereocenters. The number of hydrogen-bond acceptors (Lipinski definition) is 4. The quantitative estimate of drug-likeness (QED) is 0.0901. The summed E-state index contributed by atoms with van der Waals surface area (Å²) in [6, 6.07) is 121. The number of aryl methyl sites for hydroxylation is 1. The summed E-state index contributed by atoms with van der Waals surface area (Å²) >= 11 is 0. The molecular formula is C92H74N2O2Si. The molecular weight excluding hydrogens is 1190 g/mol. The summed E-state index contributed by atoms with van der Waals surface area (Å²) in [7, 11) is -3.17. The van der Waals surface area contributed by atoms with Gasteiger partial charge in [0.2, 0.25) is 0 Å². The second-order valence-electron chi connectivity index (χ2n) is 28.4. The third-order valence-electron chi connectivity index (χ3n) is 20.6. The highest BCUT2D eigenvalue weighted by Gasteiger charge is 2.49. The molecule has 0 fully saturated rings. The van der Waals surface area contributed by atoms with Crippen LogP contribution in [0.1, 0.15) is 80.5 Å². The van der Waals surface area contributed by atoms with E-state index in [1.807, 2.05) is 0 Å². The lowest BCUT2D eigenvalue weighted by molar-refractivity contribution is 0.590. The number of nitrogens with zero attached hydrogens (tertiary/aromatic N) is 2. The molecule has 0 amide bonds. The summed E-state index contributed by atoms with van der Waals surface area (Å²) in [5.41, 5.74) is 19.2. The second-order valence-corrected chi connectivity index (χ2v) is 32.2. The summed E-state index contributed by atoms with van der Waals surface area (Å²) in [5, 5.41) is 11.8. The predicted octanol–water partition coefficient (Wildman–Crippen LogP) is 22.2. The minimum Gasteiger partial charge on any atom is -0.454 e. The van der Waals surface area contributed by atoms with Crippen molar-refractivity contribution >= 4 is 118 Å². The third-order valence-corrected chi connectivity index (χ3v) is 25.3. The standard InChI is InChI=1S/C92H74N2O2Si/c1-61-55-78-74-40-25-27-43-85(74)95-88(78)83(56-61)94(67-51-47-63(48-52-67)91(5,6)7)82-60-81-87(76-42-24-23-39-73(76)82)77-54-53-68(57-80(77)92(81,64-29-13-8-14-30-64)65-31-15-9-16-32-65)93(66-49-45-62(46-50-66)90(2,3)4)84-59-72(58-79-75-41-26-28-44-86(75)96-89(79)84)97(69-33-17-10-18-34-69,70-35-19-11-20-36-70)71-37-21-12-22-38-71/h8-60H,1-7H3. The molecule has 0 saturated heterocycles. The Morgan fingerprint density at radius 3 is 1.22 bits per heavy atom. The molecule has 5 heteroatoms. The van der Waals surface area contributed by atoms with Crippen LogP contribution in [0.25, 0.3) is 65.8 Å². The van der Waals surface area contributed by atoms with E-state index < -0.39 is 13.5 Å². The first-order valence-corrected chi connectivity index (χ1v) is 36.0. The minimum absolute atomic E-state index is 0.0559. The van der Waals surface area contributed by atoms with Crippen molar-refractivity contribution in [3.8, 4) is 11.1 Å². The van der Waals surface area contributed by atoms with Gasteiger partial charge in [-0.2, -0.15) is 0 Å². The lowest BCUT2D eigenvalue weighted by Crippen LogP contribution is -2.74. The van der Waals surface area contributed by atoms with Crippen molar-refractivity contribution in [2.24, 2.45) is 0 Å². The van der Waals surface area contributed by atoms with Crippen molar-refractivity contribution in [3.05, 3.63) is 360 Å². The topological polar surface area (TPSA) is 32.8 Å². The first-order chi connectivity index (χ1) is 47.3. The van der Waals surface area contributed by atoms with E-state index in [2.05, 4.69) is 380 Å². The van der Waals surface area contributed by atoms with Gasteiger partial charge in [0.05, 0.1) is 22.5 Å². The van der Waals surface area contributed by atoms with E-state index in [0.717, 1.165) is 94.3 Å². The van der Waals surface area contributed by atoms with Crippen molar-refractivity contribution in [3.63, 3.8) is 0 Å². The highest BCUT2D eigenvalue weighted by Crippen LogP contribution is 2.61. The fourth-order valence-corrected chi connectivity index (χ4v) is 20.9. The van der Waals surface area contributed by atoms with Crippen molar-refractivity contribution in [2.75, 3.05) is 9.80 Å². The number of furan rings is 2. The van der Waals surface area contributed by atoms with Gasteiger partial charge in [0.1, 0.15) is 11.2 Å². The highest BCUT2D eigenvalue weighted by atomic mass is 28.3. The average molecular weight is 1270 g/mol. The molecule has 0 spiro atoms. The molecule has 0 atom stereocenters. The smallest absolute Gasteiger partial charge is 0.179 e. The van der Waals surface area contributed by atoms with Crippen LogP contribution in [0.4, 0.5) is 34.1 Å². The van der Waals surface area contributed by atoms with Crippen molar-refractivity contribution in [1.29, 1.82) is 0 Å². The lowest BCUT2D eigenvalue weighted by atomic mass is 9.67. The normalized spacial score (nSPS) is 13.0. The molecule has 0 bridgehead atoms. The Hall–Kier alpha value is -11.2. The van der Waals surface area contributed by atoms with Crippen LogP contribution in [0, 0.1) is 6.92 Å². The van der Waals surface area contributed by atoms with Crippen LogP contribution in [0.15, 0.2) is 330 Å². The maximum Gasteiger partial charge on any atom is 0.179 e. The zero-order chi connectivity index (χ0) is 65.8. The second kappa shape index (κ2) is 23.0. The first kappa shape index (κ1) is 59.5. The summed E-state index contributed by atoms with van der Waals surface area (Å²) in [6.07, 6.45) is 0. The largest absolute Gasteiger partial charge is 0.454 e. The van der Waals surface area contributed by atoms with E-state index in [1.54, 1.807) is 0 Å². The fourth-order valence-electron chi connectivity index (χ4n) is 16.1. The molecule has 0 radical (unpaired) electrons.